The van der Waals surface area contributed by atoms with Crippen LogP contribution in [-0.2, 0) is 14.2 Å². The van der Waals surface area contributed by atoms with Crippen LogP contribution >= 0.6 is 0 Å². The smallest absolute Gasteiger partial charge is 0.104 e. The van der Waals surface area contributed by atoms with Gasteiger partial charge in [0.2, 0.25) is 0 Å². The monoisotopic (exact) mass is 289 g/mol. The lowest BCUT2D eigenvalue weighted by Gasteiger charge is -2.11. The maximum atomic E-state index is 9.42. The number of aliphatic hydroxyl groups is 1. The first-order valence-electron chi connectivity index (χ1n) is 7.44. The minimum Gasteiger partial charge on any atom is -0.379 e. The molecule has 0 saturated carbocycles. The molecule has 0 rings (SSSR count). The Kier molecular flexibility index (Phi) is 14.6. The fourth-order valence-electron chi connectivity index (χ4n) is 1.42. The molecule has 120 valence electrons. The van der Waals surface area contributed by atoms with Gasteiger partial charge in [0.15, 0.2) is 0 Å². The molecule has 0 fully saturated rings. The summed E-state index contributed by atoms with van der Waals surface area (Å²) in [7, 11) is 0. The van der Waals surface area contributed by atoms with E-state index in [4.69, 9.17) is 14.2 Å². The van der Waals surface area contributed by atoms with Crippen molar-refractivity contribution in [3.8, 4) is 0 Å². The van der Waals surface area contributed by atoms with Gasteiger partial charge in [-0.2, -0.15) is 0 Å². The molecule has 0 aromatic carbocycles. The molecule has 0 radical (unpaired) electrons. The molecular formula is C15H31NO4. The van der Waals surface area contributed by atoms with Gasteiger partial charge in [-0.25, -0.2) is 0 Å². The molecule has 5 nitrogen and oxygen atoms in total. The van der Waals surface area contributed by atoms with E-state index in [0.717, 1.165) is 12.8 Å². The fourth-order valence-corrected chi connectivity index (χ4v) is 1.42. The van der Waals surface area contributed by atoms with Crippen molar-refractivity contribution in [2.24, 2.45) is 0 Å². The predicted molar refractivity (Wildman–Crippen MR) is 80.8 cm³/mol. The lowest BCUT2D eigenvalue weighted by molar-refractivity contribution is 0.0173. The summed E-state index contributed by atoms with van der Waals surface area (Å²) in [6.45, 7) is 10.4. The first-order valence-corrected chi connectivity index (χ1v) is 7.44. The van der Waals surface area contributed by atoms with Crippen LogP contribution in [-0.4, -0.2) is 57.5 Å². The standard InChI is InChI=1S/C15H31NO4/c1-4-5-15(17)16-7-9-19-11-13-20-12-10-18-8-6-14(2)3/h6,15-17H,4-5,7-13H2,1-3H3. The Bertz CT molecular complexity index is 230. The number of nitrogens with one attached hydrogen (secondary N) is 1. The Morgan fingerprint density at radius 3 is 2.25 bits per heavy atom. The van der Waals surface area contributed by atoms with Gasteiger partial charge in [-0.05, 0) is 20.3 Å². The van der Waals surface area contributed by atoms with Crippen LogP contribution < -0.4 is 5.32 Å². The van der Waals surface area contributed by atoms with Crippen LogP contribution in [0.2, 0.25) is 0 Å². The summed E-state index contributed by atoms with van der Waals surface area (Å²) in [5, 5.41) is 12.4. The van der Waals surface area contributed by atoms with Gasteiger partial charge in [0.25, 0.3) is 0 Å². The first kappa shape index (κ1) is 19.5. The van der Waals surface area contributed by atoms with Crippen LogP contribution in [0.15, 0.2) is 11.6 Å². The van der Waals surface area contributed by atoms with Gasteiger partial charge in [-0.3, -0.25) is 5.32 Å². The molecule has 0 aliphatic rings. The molecule has 2 N–H and O–H groups in total. The molecule has 0 aromatic rings. The largest absolute Gasteiger partial charge is 0.379 e. The van der Waals surface area contributed by atoms with Crippen LogP contribution in [0.1, 0.15) is 33.6 Å². The highest BCUT2D eigenvalue weighted by molar-refractivity contribution is 4.92. The van der Waals surface area contributed by atoms with Crippen molar-refractivity contribution < 1.29 is 19.3 Å². The maximum Gasteiger partial charge on any atom is 0.104 e. The minimum atomic E-state index is -0.419. The number of aliphatic hydroxyl groups excluding tert-OH is 1. The predicted octanol–water partition coefficient (Wildman–Crippen LogP) is 1.71. The lowest BCUT2D eigenvalue weighted by Crippen LogP contribution is -2.31. The lowest BCUT2D eigenvalue weighted by atomic mass is 10.3. The van der Waals surface area contributed by atoms with E-state index in [2.05, 4.69) is 5.32 Å². The van der Waals surface area contributed by atoms with Crippen molar-refractivity contribution in [2.45, 2.75) is 39.8 Å². The summed E-state index contributed by atoms with van der Waals surface area (Å²) in [5.41, 5.74) is 1.26. The van der Waals surface area contributed by atoms with Gasteiger partial charge in [-0.15, -0.1) is 0 Å². The fraction of sp³-hybridized carbons (Fsp3) is 0.867. The molecule has 1 unspecified atom stereocenters. The molecule has 0 aromatic heterocycles. The second-order valence-electron chi connectivity index (χ2n) is 4.84. The number of allylic oxidation sites excluding steroid dienone is 1. The zero-order valence-corrected chi connectivity index (χ0v) is 13.2. The molecule has 5 heteroatoms. The highest BCUT2D eigenvalue weighted by atomic mass is 16.5. The van der Waals surface area contributed by atoms with Gasteiger partial charge in [0.1, 0.15) is 6.23 Å². The summed E-state index contributed by atoms with van der Waals surface area (Å²) < 4.78 is 16.1. The Balaban J connectivity index is 3.08. The van der Waals surface area contributed by atoms with E-state index in [1.54, 1.807) is 0 Å². The minimum absolute atomic E-state index is 0.419. The summed E-state index contributed by atoms with van der Waals surface area (Å²) in [6, 6.07) is 0. The van der Waals surface area contributed by atoms with E-state index in [1.807, 2.05) is 26.8 Å². The van der Waals surface area contributed by atoms with Crippen molar-refractivity contribution in [1.82, 2.24) is 5.32 Å². The average Bonchev–Trinajstić information content (AvgIpc) is 2.40. The van der Waals surface area contributed by atoms with Crippen LogP contribution in [0.4, 0.5) is 0 Å². The molecule has 20 heavy (non-hydrogen) atoms. The topological polar surface area (TPSA) is 60.0 Å². The maximum absolute atomic E-state index is 9.42. The average molecular weight is 289 g/mol. The third kappa shape index (κ3) is 15.6. The van der Waals surface area contributed by atoms with E-state index in [0.29, 0.717) is 46.2 Å². The molecule has 0 saturated heterocycles. The van der Waals surface area contributed by atoms with E-state index < -0.39 is 6.23 Å². The third-order valence-electron chi connectivity index (χ3n) is 2.54. The number of ether oxygens (including phenoxy) is 3. The van der Waals surface area contributed by atoms with Crippen molar-refractivity contribution in [2.75, 3.05) is 46.2 Å². The molecule has 0 bridgehead atoms. The highest BCUT2D eigenvalue weighted by Gasteiger charge is 1.99. The van der Waals surface area contributed by atoms with Crippen molar-refractivity contribution in [3.63, 3.8) is 0 Å². The van der Waals surface area contributed by atoms with Gasteiger partial charge < -0.3 is 19.3 Å². The van der Waals surface area contributed by atoms with E-state index in [9.17, 15) is 5.11 Å². The second-order valence-corrected chi connectivity index (χ2v) is 4.84. The number of rotatable bonds is 14. The van der Waals surface area contributed by atoms with E-state index in [1.165, 1.54) is 5.57 Å². The van der Waals surface area contributed by atoms with E-state index >= 15 is 0 Å². The zero-order valence-electron chi connectivity index (χ0n) is 13.2. The molecule has 0 heterocycles. The van der Waals surface area contributed by atoms with Crippen molar-refractivity contribution in [1.29, 1.82) is 0 Å². The molecular weight excluding hydrogens is 258 g/mol. The van der Waals surface area contributed by atoms with Crippen molar-refractivity contribution in [3.05, 3.63) is 11.6 Å². The quantitative estimate of drug-likeness (QED) is 0.290. The van der Waals surface area contributed by atoms with Crippen LogP contribution in [0, 0.1) is 0 Å². The normalized spacial score (nSPS) is 12.4. The summed E-state index contributed by atoms with van der Waals surface area (Å²) in [6.07, 6.45) is 3.37. The van der Waals surface area contributed by atoms with Gasteiger partial charge in [0.05, 0.1) is 39.6 Å². The highest BCUT2D eigenvalue weighted by Crippen LogP contribution is 1.91. The first-order chi connectivity index (χ1) is 9.66. The SMILES string of the molecule is CCCC(O)NCCOCCOCCOCC=C(C)C. The molecule has 0 amide bonds. The number of hydrogen-bond acceptors (Lipinski definition) is 5. The third-order valence-corrected chi connectivity index (χ3v) is 2.54. The Morgan fingerprint density at radius 2 is 1.65 bits per heavy atom. The van der Waals surface area contributed by atoms with Gasteiger partial charge in [0, 0.05) is 6.54 Å². The van der Waals surface area contributed by atoms with Crippen molar-refractivity contribution >= 4 is 0 Å². The molecule has 0 spiro atoms. The Hall–Kier alpha value is -0.460. The molecule has 1 atom stereocenters. The molecule has 0 aliphatic carbocycles. The molecule has 0 aliphatic heterocycles. The van der Waals surface area contributed by atoms with Crippen LogP contribution in [0.5, 0.6) is 0 Å². The Labute approximate surface area is 123 Å². The van der Waals surface area contributed by atoms with E-state index in [-0.39, 0.29) is 0 Å². The zero-order chi connectivity index (χ0) is 15.1. The second kappa shape index (κ2) is 14.9. The van der Waals surface area contributed by atoms with Gasteiger partial charge in [-0.1, -0.05) is 25.0 Å². The summed E-state index contributed by atoms with van der Waals surface area (Å²) in [4.78, 5) is 0. The summed E-state index contributed by atoms with van der Waals surface area (Å²) in [5.74, 6) is 0. The Morgan fingerprint density at radius 1 is 1.05 bits per heavy atom. The van der Waals surface area contributed by atoms with Crippen LogP contribution in [0.3, 0.4) is 0 Å². The summed E-state index contributed by atoms with van der Waals surface area (Å²) >= 11 is 0. The number of hydrogen-bond donors (Lipinski definition) is 2. The van der Waals surface area contributed by atoms with Gasteiger partial charge >= 0.3 is 0 Å². The van der Waals surface area contributed by atoms with Crippen LogP contribution in [0.25, 0.3) is 0 Å².